The summed E-state index contributed by atoms with van der Waals surface area (Å²) in [5.74, 6) is -0.0469. The van der Waals surface area contributed by atoms with Crippen LogP contribution in [-0.2, 0) is 11.2 Å². The third-order valence-corrected chi connectivity index (χ3v) is 4.14. The average Bonchev–Trinajstić information content (AvgIpc) is 2.99. The molecule has 4 nitrogen and oxygen atoms in total. The van der Waals surface area contributed by atoms with Gasteiger partial charge in [-0.3, -0.25) is 4.79 Å². The highest BCUT2D eigenvalue weighted by Crippen LogP contribution is 2.31. The molecule has 0 aliphatic carbocycles. The first kappa shape index (κ1) is 15.4. The number of carboxylic acids is 1. The Morgan fingerprint density at radius 1 is 1.33 bits per heavy atom. The highest BCUT2D eigenvalue weighted by molar-refractivity contribution is 7.10. The van der Waals surface area contributed by atoms with E-state index in [-0.39, 0.29) is 0 Å². The molecule has 1 aromatic carbocycles. The second kappa shape index (κ2) is 7.13. The van der Waals surface area contributed by atoms with Crippen molar-refractivity contribution in [3.63, 3.8) is 0 Å². The molecule has 112 valence electrons. The van der Waals surface area contributed by atoms with Crippen molar-refractivity contribution in [1.82, 2.24) is 0 Å². The lowest BCUT2D eigenvalue weighted by Crippen LogP contribution is -2.13. The number of carboxylic acid groups (broad SMARTS) is 1. The quantitative estimate of drug-likeness (QED) is 0.849. The lowest BCUT2D eigenvalue weighted by atomic mass is 9.97. The molecule has 0 saturated carbocycles. The van der Waals surface area contributed by atoms with Crippen LogP contribution in [0.25, 0.3) is 0 Å². The fourth-order valence-corrected chi connectivity index (χ4v) is 2.97. The summed E-state index contributed by atoms with van der Waals surface area (Å²) in [7, 11) is 1.58. The number of methoxy groups -OCH3 is 1. The SMILES string of the molecule is CCOc1ccc(CC(C(=O)O)c2cccs2)cc1OC. The highest BCUT2D eigenvalue weighted by Gasteiger charge is 2.22. The highest BCUT2D eigenvalue weighted by atomic mass is 32.1. The Kier molecular flexibility index (Phi) is 5.22. The Bertz CT molecular complexity index is 592. The molecule has 0 saturated heterocycles. The van der Waals surface area contributed by atoms with Crippen molar-refractivity contribution in [2.75, 3.05) is 13.7 Å². The molecule has 0 amide bonds. The zero-order valence-corrected chi connectivity index (χ0v) is 12.9. The van der Waals surface area contributed by atoms with E-state index in [0.717, 1.165) is 10.4 Å². The fourth-order valence-electron chi connectivity index (χ4n) is 2.15. The van der Waals surface area contributed by atoms with Crippen LogP contribution in [0.4, 0.5) is 0 Å². The van der Waals surface area contributed by atoms with E-state index in [1.165, 1.54) is 11.3 Å². The summed E-state index contributed by atoms with van der Waals surface area (Å²) in [6.45, 7) is 2.47. The fraction of sp³-hybridized carbons (Fsp3) is 0.312. The third kappa shape index (κ3) is 3.76. The lowest BCUT2D eigenvalue weighted by Gasteiger charge is -2.14. The van der Waals surface area contributed by atoms with E-state index in [1.54, 1.807) is 7.11 Å². The Labute approximate surface area is 128 Å². The minimum absolute atomic E-state index is 0.429. The number of hydrogen-bond donors (Lipinski definition) is 1. The van der Waals surface area contributed by atoms with Gasteiger partial charge >= 0.3 is 5.97 Å². The number of hydrogen-bond acceptors (Lipinski definition) is 4. The average molecular weight is 306 g/mol. The van der Waals surface area contributed by atoms with Crippen molar-refractivity contribution >= 4 is 17.3 Å². The number of carbonyl (C=O) groups is 1. The Morgan fingerprint density at radius 2 is 2.14 bits per heavy atom. The van der Waals surface area contributed by atoms with Crippen LogP contribution in [0.3, 0.4) is 0 Å². The monoisotopic (exact) mass is 306 g/mol. The Hall–Kier alpha value is -2.01. The van der Waals surface area contributed by atoms with Gasteiger partial charge in [-0.05, 0) is 42.5 Å². The van der Waals surface area contributed by atoms with Crippen LogP contribution >= 0.6 is 11.3 Å². The van der Waals surface area contributed by atoms with E-state index in [2.05, 4.69) is 0 Å². The molecule has 0 bridgehead atoms. The maximum absolute atomic E-state index is 11.5. The van der Waals surface area contributed by atoms with Crippen LogP contribution in [-0.4, -0.2) is 24.8 Å². The van der Waals surface area contributed by atoms with Gasteiger partial charge in [-0.2, -0.15) is 0 Å². The first-order chi connectivity index (χ1) is 10.2. The van der Waals surface area contributed by atoms with Crippen LogP contribution in [0.5, 0.6) is 11.5 Å². The second-order valence-electron chi connectivity index (χ2n) is 4.53. The molecule has 0 aliphatic heterocycles. The maximum atomic E-state index is 11.5. The molecule has 2 aromatic rings. The molecule has 1 aromatic heterocycles. The summed E-state index contributed by atoms with van der Waals surface area (Å²) < 4.78 is 10.8. The van der Waals surface area contributed by atoms with Gasteiger partial charge in [0.15, 0.2) is 11.5 Å². The van der Waals surface area contributed by atoms with E-state index >= 15 is 0 Å². The number of ether oxygens (including phenoxy) is 2. The molecule has 1 N–H and O–H groups in total. The van der Waals surface area contributed by atoms with E-state index < -0.39 is 11.9 Å². The van der Waals surface area contributed by atoms with E-state index in [1.807, 2.05) is 42.6 Å². The van der Waals surface area contributed by atoms with Crippen LogP contribution in [0.2, 0.25) is 0 Å². The van der Waals surface area contributed by atoms with Crippen molar-refractivity contribution in [2.45, 2.75) is 19.3 Å². The number of rotatable bonds is 7. The molecule has 5 heteroatoms. The number of aliphatic carboxylic acids is 1. The van der Waals surface area contributed by atoms with Crippen LogP contribution in [0.15, 0.2) is 35.7 Å². The summed E-state index contributed by atoms with van der Waals surface area (Å²) in [5.41, 5.74) is 0.913. The standard InChI is InChI=1S/C16H18O4S/c1-3-20-13-7-6-11(10-14(13)19-2)9-12(16(17)18)15-5-4-8-21-15/h4-8,10,12H,3,9H2,1-2H3,(H,17,18). The molecule has 0 aliphatic rings. The van der Waals surface area contributed by atoms with Crippen LogP contribution in [0, 0.1) is 0 Å². The van der Waals surface area contributed by atoms with Crippen molar-refractivity contribution in [3.8, 4) is 11.5 Å². The van der Waals surface area contributed by atoms with E-state index in [0.29, 0.717) is 24.5 Å². The lowest BCUT2D eigenvalue weighted by molar-refractivity contribution is -0.138. The first-order valence-electron chi connectivity index (χ1n) is 6.71. The van der Waals surface area contributed by atoms with Gasteiger partial charge in [-0.1, -0.05) is 12.1 Å². The van der Waals surface area contributed by atoms with E-state index in [4.69, 9.17) is 9.47 Å². The van der Waals surface area contributed by atoms with Gasteiger partial charge in [0.05, 0.1) is 19.6 Å². The Morgan fingerprint density at radius 3 is 2.71 bits per heavy atom. The van der Waals surface area contributed by atoms with Gasteiger partial charge in [-0.25, -0.2) is 0 Å². The predicted octanol–water partition coefficient (Wildman–Crippen LogP) is 3.57. The van der Waals surface area contributed by atoms with Crippen LogP contribution in [0.1, 0.15) is 23.3 Å². The maximum Gasteiger partial charge on any atom is 0.312 e. The molecule has 2 rings (SSSR count). The topological polar surface area (TPSA) is 55.8 Å². The molecule has 0 radical (unpaired) electrons. The molecule has 1 unspecified atom stereocenters. The van der Waals surface area contributed by atoms with Crippen molar-refractivity contribution in [1.29, 1.82) is 0 Å². The summed E-state index contributed by atoms with van der Waals surface area (Å²) in [4.78, 5) is 12.3. The predicted molar refractivity (Wildman–Crippen MR) is 82.6 cm³/mol. The number of thiophene rings is 1. The van der Waals surface area contributed by atoms with Gasteiger partial charge in [0, 0.05) is 4.88 Å². The van der Waals surface area contributed by atoms with E-state index in [9.17, 15) is 9.90 Å². The van der Waals surface area contributed by atoms with Gasteiger partial charge < -0.3 is 14.6 Å². The van der Waals surface area contributed by atoms with Gasteiger partial charge in [0.2, 0.25) is 0 Å². The molecule has 1 atom stereocenters. The molecule has 1 heterocycles. The molecule has 21 heavy (non-hydrogen) atoms. The summed E-state index contributed by atoms with van der Waals surface area (Å²) in [6.07, 6.45) is 0.429. The number of benzene rings is 1. The summed E-state index contributed by atoms with van der Waals surface area (Å²) >= 11 is 1.46. The first-order valence-corrected chi connectivity index (χ1v) is 7.59. The summed E-state index contributed by atoms with van der Waals surface area (Å²) in [6, 6.07) is 9.28. The van der Waals surface area contributed by atoms with Crippen molar-refractivity contribution in [2.24, 2.45) is 0 Å². The molecule has 0 spiro atoms. The normalized spacial score (nSPS) is 11.9. The van der Waals surface area contributed by atoms with Gasteiger partial charge in [-0.15, -0.1) is 11.3 Å². The zero-order chi connectivity index (χ0) is 15.2. The van der Waals surface area contributed by atoms with Crippen molar-refractivity contribution < 1.29 is 19.4 Å². The summed E-state index contributed by atoms with van der Waals surface area (Å²) in [5, 5.41) is 11.3. The second-order valence-corrected chi connectivity index (χ2v) is 5.51. The largest absolute Gasteiger partial charge is 0.493 e. The molecular weight excluding hydrogens is 288 g/mol. The minimum atomic E-state index is -0.815. The van der Waals surface area contributed by atoms with Crippen molar-refractivity contribution in [3.05, 3.63) is 46.2 Å². The van der Waals surface area contributed by atoms with Gasteiger partial charge in [0.1, 0.15) is 0 Å². The van der Waals surface area contributed by atoms with Crippen LogP contribution < -0.4 is 9.47 Å². The molecule has 0 fully saturated rings. The Balaban J connectivity index is 2.23. The minimum Gasteiger partial charge on any atom is -0.493 e. The zero-order valence-electron chi connectivity index (χ0n) is 12.0. The van der Waals surface area contributed by atoms with Gasteiger partial charge in [0.25, 0.3) is 0 Å². The third-order valence-electron chi connectivity index (χ3n) is 3.15. The smallest absolute Gasteiger partial charge is 0.312 e. The molecular formula is C16H18O4S.